The highest BCUT2D eigenvalue weighted by Crippen LogP contribution is 2.63. The van der Waals surface area contributed by atoms with Gasteiger partial charge in [-0.3, -0.25) is 0 Å². The monoisotopic (exact) mass is 213 g/mol. The number of hydrogen-bond acceptors (Lipinski definition) is 2. The first-order valence-corrected chi connectivity index (χ1v) is 6.92. The standard InChI is InChI=1S/C12H23NS/c1-9-7-14-8-12(9)5-10(12)6-13-11(2,3)4/h9-10,13H,5-8H2,1-4H3. The van der Waals surface area contributed by atoms with Gasteiger partial charge >= 0.3 is 0 Å². The third-order valence-corrected chi connectivity index (χ3v) is 5.36. The zero-order valence-corrected chi connectivity index (χ0v) is 10.7. The minimum atomic E-state index is 0.290. The Morgan fingerprint density at radius 2 is 2.14 bits per heavy atom. The van der Waals surface area contributed by atoms with Gasteiger partial charge in [0.2, 0.25) is 0 Å². The Labute approximate surface area is 92.4 Å². The molecule has 1 nitrogen and oxygen atoms in total. The van der Waals surface area contributed by atoms with Gasteiger partial charge in [0.25, 0.3) is 0 Å². The molecule has 1 aliphatic heterocycles. The molecule has 2 heteroatoms. The van der Waals surface area contributed by atoms with Gasteiger partial charge < -0.3 is 5.32 Å². The fourth-order valence-corrected chi connectivity index (χ4v) is 4.44. The molecular formula is C12H23NS. The third kappa shape index (κ3) is 1.96. The molecule has 0 bridgehead atoms. The van der Waals surface area contributed by atoms with E-state index in [1.165, 1.54) is 24.5 Å². The summed E-state index contributed by atoms with van der Waals surface area (Å²) in [5.74, 6) is 4.74. The van der Waals surface area contributed by atoms with Crippen LogP contribution in [0.25, 0.3) is 0 Å². The van der Waals surface area contributed by atoms with Crippen LogP contribution in [-0.4, -0.2) is 23.6 Å². The van der Waals surface area contributed by atoms with Gasteiger partial charge in [-0.2, -0.15) is 11.8 Å². The topological polar surface area (TPSA) is 12.0 Å². The molecule has 0 aromatic heterocycles. The summed E-state index contributed by atoms with van der Waals surface area (Å²) in [5, 5.41) is 3.65. The first-order valence-electron chi connectivity index (χ1n) is 5.77. The maximum Gasteiger partial charge on any atom is 0.00966 e. The highest BCUT2D eigenvalue weighted by molar-refractivity contribution is 7.99. The van der Waals surface area contributed by atoms with Gasteiger partial charge in [0.15, 0.2) is 0 Å². The molecule has 0 radical (unpaired) electrons. The lowest BCUT2D eigenvalue weighted by Gasteiger charge is -2.22. The maximum absolute atomic E-state index is 3.65. The van der Waals surface area contributed by atoms with Crippen molar-refractivity contribution in [2.45, 2.75) is 39.7 Å². The van der Waals surface area contributed by atoms with Crippen molar-refractivity contribution in [2.24, 2.45) is 17.3 Å². The largest absolute Gasteiger partial charge is 0.312 e. The van der Waals surface area contributed by atoms with Gasteiger partial charge in [-0.15, -0.1) is 0 Å². The Morgan fingerprint density at radius 1 is 1.43 bits per heavy atom. The summed E-state index contributed by atoms with van der Waals surface area (Å²) in [6.45, 7) is 10.4. The van der Waals surface area contributed by atoms with Crippen LogP contribution in [0.15, 0.2) is 0 Å². The summed E-state index contributed by atoms with van der Waals surface area (Å²) in [6, 6.07) is 0. The van der Waals surface area contributed by atoms with Crippen LogP contribution in [0.4, 0.5) is 0 Å². The van der Waals surface area contributed by atoms with E-state index in [2.05, 4.69) is 44.8 Å². The van der Waals surface area contributed by atoms with Crippen LogP contribution in [0.1, 0.15) is 34.1 Å². The maximum atomic E-state index is 3.65. The molecule has 1 spiro atoms. The minimum absolute atomic E-state index is 0.290. The van der Waals surface area contributed by atoms with Gasteiger partial charge in [0, 0.05) is 5.54 Å². The lowest BCUT2D eigenvalue weighted by molar-refractivity contribution is 0.350. The number of thioether (sulfide) groups is 1. The third-order valence-electron chi connectivity index (χ3n) is 3.88. The molecule has 0 aromatic rings. The molecular weight excluding hydrogens is 190 g/mol. The van der Waals surface area contributed by atoms with Crippen LogP contribution in [0, 0.1) is 17.3 Å². The van der Waals surface area contributed by atoms with E-state index in [1.54, 1.807) is 0 Å². The average Bonchev–Trinajstić information content (AvgIpc) is 2.63. The van der Waals surface area contributed by atoms with Crippen molar-refractivity contribution in [1.29, 1.82) is 0 Å². The van der Waals surface area contributed by atoms with Crippen molar-refractivity contribution in [2.75, 3.05) is 18.1 Å². The number of rotatable bonds is 2. The quantitative estimate of drug-likeness (QED) is 0.757. The van der Waals surface area contributed by atoms with E-state index in [4.69, 9.17) is 0 Å². The van der Waals surface area contributed by atoms with Gasteiger partial charge in [0.05, 0.1) is 0 Å². The summed E-state index contributed by atoms with van der Waals surface area (Å²) >= 11 is 2.16. The number of nitrogens with one attached hydrogen (secondary N) is 1. The van der Waals surface area contributed by atoms with Gasteiger partial charge in [0.1, 0.15) is 0 Å². The average molecular weight is 213 g/mol. The fraction of sp³-hybridized carbons (Fsp3) is 1.00. The Balaban J connectivity index is 1.81. The van der Waals surface area contributed by atoms with E-state index in [9.17, 15) is 0 Å². The van der Waals surface area contributed by atoms with Crippen molar-refractivity contribution < 1.29 is 0 Å². The Morgan fingerprint density at radius 3 is 2.64 bits per heavy atom. The van der Waals surface area contributed by atoms with Gasteiger partial charge in [-0.05, 0) is 62.5 Å². The second kappa shape index (κ2) is 3.41. The first kappa shape index (κ1) is 10.8. The predicted molar refractivity (Wildman–Crippen MR) is 64.8 cm³/mol. The molecule has 2 fully saturated rings. The zero-order chi connectivity index (χ0) is 10.4. The second-order valence-electron chi connectivity index (χ2n) is 6.18. The SMILES string of the molecule is CC1CSCC12CC2CNC(C)(C)C. The van der Waals surface area contributed by atoms with E-state index < -0.39 is 0 Å². The minimum Gasteiger partial charge on any atom is -0.312 e. The van der Waals surface area contributed by atoms with Gasteiger partial charge in [-0.25, -0.2) is 0 Å². The zero-order valence-electron chi connectivity index (χ0n) is 9.89. The van der Waals surface area contributed by atoms with Crippen LogP contribution in [0.2, 0.25) is 0 Å². The highest BCUT2D eigenvalue weighted by Gasteiger charge is 2.58. The van der Waals surface area contributed by atoms with E-state index in [-0.39, 0.29) is 0 Å². The summed E-state index contributed by atoms with van der Waals surface area (Å²) in [7, 11) is 0. The molecule has 2 aliphatic rings. The summed E-state index contributed by atoms with van der Waals surface area (Å²) in [6.07, 6.45) is 1.48. The Hall–Kier alpha value is 0.310. The Kier molecular flexibility index (Phi) is 2.64. The Bertz CT molecular complexity index is 221. The van der Waals surface area contributed by atoms with Crippen molar-refractivity contribution in [3.05, 3.63) is 0 Å². The fourth-order valence-electron chi connectivity index (χ4n) is 2.62. The second-order valence-corrected chi connectivity index (χ2v) is 7.21. The summed E-state index contributed by atoms with van der Waals surface area (Å²) in [5.41, 5.74) is 1.03. The van der Waals surface area contributed by atoms with Crippen LogP contribution in [0.3, 0.4) is 0 Å². The van der Waals surface area contributed by atoms with Gasteiger partial charge in [-0.1, -0.05) is 6.92 Å². The summed E-state index contributed by atoms with van der Waals surface area (Å²) in [4.78, 5) is 0. The molecule has 1 saturated carbocycles. The van der Waals surface area contributed by atoms with E-state index in [0.717, 1.165) is 17.3 Å². The molecule has 1 N–H and O–H groups in total. The molecule has 1 heterocycles. The highest BCUT2D eigenvalue weighted by atomic mass is 32.2. The number of hydrogen-bond donors (Lipinski definition) is 1. The van der Waals surface area contributed by atoms with Crippen molar-refractivity contribution in [3.8, 4) is 0 Å². The van der Waals surface area contributed by atoms with Crippen LogP contribution in [0.5, 0.6) is 0 Å². The predicted octanol–water partition coefficient (Wildman–Crippen LogP) is 2.76. The van der Waals surface area contributed by atoms with Crippen LogP contribution in [-0.2, 0) is 0 Å². The molecule has 3 atom stereocenters. The lowest BCUT2D eigenvalue weighted by Crippen LogP contribution is -2.38. The molecule has 0 aromatic carbocycles. The van der Waals surface area contributed by atoms with Crippen molar-refractivity contribution >= 4 is 11.8 Å². The van der Waals surface area contributed by atoms with Crippen molar-refractivity contribution in [3.63, 3.8) is 0 Å². The van der Waals surface area contributed by atoms with Crippen LogP contribution >= 0.6 is 11.8 Å². The first-order chi connectivity index (χ1) is 6.44. The molecule has 1 aliphatic carbocycles. The molecule has 0 amide bonds. The smallest absolute Gasteiger partial charge is 0.00966 e. The van der Waals surface area contributed by atoms with E-state index >= 15 is 0 Å². The molecule has 82 valence electrons. The van der Waals surface area contributed by atoms with E-state index in [0.29, 0.717) is 5.54 Å². The summed E-state index contributed by atoms with van der Waals surface area (Å²) < 4.78 is 0. The molecule has 14 heavy (non-hydrogen) atoms. The normalized spacial score (nSPS) is 42.0. The van der Waals surface area contributed by atoms with E-state index in [1.807, 2.05) is 0 Å². The van der Waals surface area contributed by atoms with Crippen molar-refractivity contribution in [1.82, 2.24) is 5.32 Å². The molecule has 2 rings (SSSR count). The molecule has 1 saturated heterocycles. The van der Waals surface area contributed by atoms with Crippen LogP contribution < -0.4 is 5.32 Å². The lowest BCUT2D eigenvalue weighted by atomic mass is 9.92. The molecule has 3 unspecified atom stereocenters.